The summed E-state index contributed by atoms with van der Waals surface area (Å²) < 4.78 is 2.34. The summed E-state index contributed by atoms with van der Waals surface area (Å²) in [5.41, 5.74) is 5.21. The highest BCUT2D eigenvalue weighted by Gasteiger charge is 2.16. The molecule has 4 rings (SSSR count). The van der Waals surface area contributed by atoms with Crippen molar-refractivity contribution in [2.24, 2.45) is 0 Å². The van der Waals surface area contributed by atoms with Crippen molar-refractivity contribution in [3.8, 4) is 0 Å². The van der Waals surface area contributed by atoms with Crippen LogP contribution in [-0.4, -0.2) is 29.5 Å². The van der Waals surface area contributed by atoms with Gasteiger partial charge in [0, 0.05) is 27.7 Å². The third kappa shape index (κ3) is 3.85. The van der Waals surface area contributed by atoms with E-state index in [9.17, 15) is 0 Å². The molecule has 0 bridgehead atoms. The number of likely N-dealkylation sites (N-methyl/N-ethyl adjacent to an activating group) is 1. The van der Waals surface area contributed by atoms with Crippen molar-refractivity contribution < 1.29 is 21.5 Å². The number of hydrogen-bond donors (Lipinski definition) is 1. The predicted octanol–water partition coefficient (Wildman–Crippen LogP) is 2.30. The van der Waals surface area contributed by atoms with Gasteiger partial charge in [-0.2, -0.15) is 0 Å². The third-order valence-electron chi connectivity index (χ3n) is 5.85. The number of H-pyrrole nitrogens is 1. The molecule has 5 heteroatoms. The van der Waals surface area contributed by atoms with Crippen LogP contribution in [0.5, 0.6) is 0 Å². The fourth-order valence-corrected chi connectivity index (χ4v) is 4.18. The lowest BCUT2D eigenvalue weighted by molar-refractivity contribution is -0.695. The van der Waals surface area contributed by atoms with Gasteiger partial charge in [-0.25, -0.2) is 4.57 Å². The van der Waals surface area contributed by atoms with E-state index in [2.05, 4.69) is 84.9 Å². The number of para-hydroxylation sites is 1. The SMILES string of the molecule is Br.CCN(CC)CC[n+]1ccc2c(C)c3[nH]c4ccccc4c3c(C)c2c1.[Br-]. The van der Waals surface area contributed by atoms with Gasteiger partial charge in [-0.15, -0.1) is 17.0 Å². The molecule has 28 heavy (non-hydrogen) atoms. The van der Waals surface area contributed by atoms with E-state index in [-0.39, 0.29) is 34.0 Å². The molecule has 0 aliphatic carbocycles. The van der Waals surface area contributed by atoms with Crippen molar-refractivity contribution in [1.29, 1.82) is 0 Å². The Morgan fingerprint density at radius 3 is 2.36 bits per heavy atom. The van der Waals surface area contributed by atoms with E-state index in [4.69, 9.17) is 0 Å². The summed E-state index contributed by atoms with van der Waals surface area (Å²) in [7, 11) is 0. The maximum absolute atomic E-state index is 3.64. The van der Waals surface area contributed by atoms with Gasteiger partial charge in [0.25, 0.3) is 0 Å². The largest absolute Gasteiger partial charge is 1.00 e. The van der Waals surface area contributed by atoms with E-state index >= 15 is 0 Å². The van der Waals surface area contributed by atoms with Gasteiger partial charge < -0.3 is 22.0 Å². The molecule has 0 fully saturated rings. The lowest BCUT2D eigenvalue weighted by Gasteiger charge is -2.15. The molecule has 2 aromatic carbocycles. The number of pyridine rings is 1. The summed E-state index contributed by atoms with van der Waals surface area (Å²) >= 11 is 0. The Morgan fingerprint density at radius 1 is 0.929 bits per heavy atom. The van der Waals surface area contributed by atoms with Crippen molar-refractivity contribution >= 4 is 49.6 Å². The van der Waals surface area contributed by atoms with Gasteiger partial charge in [-0.05, 0) is 49.5 Å². The van der Waals surface area contributed by atoms with Gasteiger partial charge >= 0.3 is 0 Å². The number of aryl methyl sites for hydroxylation is 2. The average Bonchev–Trinajstić information content (AvgIpc) is 3.07. The third-order valence-corrected chi connectivity index (χ3v) is 5.85. The Balaban J connectivity index is 0.00000140. The lowest BCUT2D eigenvalue weighted by atomic mass is 9.97. The molecule has 0 saturated carbocycles. The number of rotatable bonds is 5. The van der Waals surface area contributed by atoms with Gasteiger partial charge in [0.2, 0.25) is 0 Å². The number of aromatic nitrogens is 2. The fraction of sp³-hybridized carbons (Fsp3) is 0.348. The Hall–Kier alpha value is -1.43. The van der Waals surface area contributed by atoms with Crippen molar-refractivity contribution in [2.75, 3.05) is 19.6 Å². The minimum Gasteiger partial charge on any atom is -1.00 e. The van der Waals surface area contributed by atoms with Gasteiger partial charge in [-0.3, -0.25) is 4.90 Å². The summed E-state index contributed by atoms with van der Waals surface area (Å²) in [5, 5.41) is 5.40. The molecule has 2 heterocycles. The number of benzene rings is 2. The fourth-order valence-electron chi connectivity index (χ4n) is 4.18. The molecular formula is C23H29Br2N3. The number of nitrogens with one attached hydrogen (secondary N) is 1. The molecule has 3 nitrogen and oxygen atoms in total. The Labute approximate surface area is 188 Å². The Kier molecular flexibility index (Phi) is 7.66. The molecule has 0 aliphatic rings. The summed E-state index contributed by atoms with van der Waals surface area (Å²) in [6.45, 7) is 13.3. The zero-order valence-corrected chi connectivity index (χ0v) is 20.3. The first-order chi connectivity index (χ1) is 12.6. The molecule has 0 radical (unpaired) electrons. The molecule has 0 saturated heterocycles. The van der Waals surface area contributed by atoms with Crippen LogP contribution < -0.4 is 21.5 Å². The van der Waals surface area contributed by atoms with E-state index < -0.39 is 0 Å². The summed E-state index contributed by atoms with van der Waals surface area (Å²) in [5.74, 6) is 0. The van der Waals surface area contributed by atoms with Crippen molar-refractivity contribution in [2.45, 2.75) is 34.2 Å². The van der Waals surface area contributed by atoms with E-state index in [1.807, 2.05) is 0 Å². The molecule has 1 N–H and O–H groups in total. The summed E-state index contributed by atoms with van der Waals surface area (Å²) in [4.78, 5) is 6.11. The predicted molar refractivity (Wildman–Crippen MR) is 121 cm³/mol. The lowest BCUT2D eigenvalue weighted by Crippen LogP contribution is -3.00. The first kappa shape index (κ1) is 22.9. The zero-order chi connectivity index (χ0) is 18.3. The topological polar surface area (TPSA) is 22.9 Å². The van der Waals surface area contributed by atoms with Crippen LogP contribution in [0.4, 0.5) is 0 Å². The van der Waals surface area contributed by atoms with E-state index in [0.29, 0.717) is 0 Å². The second-order valence-electron chi connectivity index (χ2n) is 7.21. The minimum absolute atomic E-state index is 0. The molecule has 0 amide bonds. The van der Waals surface area contributed by atoms with Gasteiger partial charge in [-0.1, -0.05) is 32.0 Å². The number of halogens is 2. The van der Waals surface area contributed by atoms with Crippen LogP contribution >= 0.6 is 17.0 Å². The number of aromatic amines is 1. The van der Waals surface area contributed by atoms with Crippen molar-refractivity contribution in [1.82, 2.24) is 9.88 Å². The van der Waals surface area contributed by atoms with Crippen LogP contribution in [0.3, 0.4) is 0 Å². The van der Waals surface area contributed by atoms with Crippen LogP contribution in [0.25, 0.3) is 32.6 Å². The van der Waals surface area contributed by atoms with Crippen LogP contribution in [-0.2, 0) is 6.54 Å². The molecule has 0 unspecified atom stereocenters. The maximum Gasteiger partial charge on any atom is 0.176 e. The van der Waals surface area contributed by atoms with Crippen molar-refractivity contribution in [3.63, 3.8) is 0 Å². The van der Waals surface area contributed by atoms with Crippen LogP contribution in [0, 0.1) is 13.8 Å². The molecule has 4 aromatic rings. The van der Waals surface area contributed by atoms with Crippen LogP contribution in [0.1, 0.15) is 25.0 Å². The molecule has 0 spiro atoms. The van der Waals surface area contributed by atoms with E-state index in [0.717, 1.165) is 26.2 Å². The van der Waals surface area contributed by atoms with Gasteiger partial charge in [0.05, 0.1) is 12.1 Å². The Morgan fingerprint density at radius 2 is 1.64 bits per heavy atom. The quantitative estimate of drug-likeness (QED) is 0.412. The van der Waals surface area contributed by atoms with Gasteiger partial charge in [0.15, 0.2) is 18.9 Å². The minimum atomic E-state index is 0. The number of nitrogens with zero attached hydrogens (tertiary/aromatic N) is 2. The highest BCUT2D eigenvalue weighted by Crippen LogP contribution is 2.35. The summed E-state index contributed by atoms with van der Waals surface area (Å²) in [6, 6.07) is 10.9. The number of fused-ring (bicyclic) bond motifs is 4. The molecule has 0 atom stereocenters. The summed E-state index contributed by atoms with van der Waals surface area (Å²) in [6.07, 6.45) is 4.56. The first-order valence-corrected chi connectivity index (χ1v) is 9.68. The standard InChI is InChI=1S/C23H27N3.2BrH/c1-5-25(6-2)13-14-26-12-11-18-17(4)23-22(16(3)20(18)15-26)19-9-7-8-10-21(19)24-23;;/h7-12,15H,5-6,13-14H2,1-4H3;2*1H. The van der Waals surface area contributed by atoms with E-state index in [1.165, 1.54) is 43.7 Å². The maximum atomic E-state index is 3.64. The Bertz CT molecular complexity index is 1100. The van der Waals surface area contributed by atoms with Crippen LogP contribution in [0.15, 0.2) is 42.7 Å². The first-order valence-electron chi connectivity index (χ1n) is 9.68. The highest BCUT2D eigenvalue weighted by molar-refractivity contribution is 8.93. The molecule has 150 valence electrons. The van der Waals surface area contributed by atoms with Crippen LogP contribution in [0.2, 0.25) is 0 Å². The number of hydrogen-bond acceptors (Lipinski definition) is 1. The smallest absolute Gasteiger partial charge is 0.176 e. The normalized spacial score (nSPS) is 11.2. The van der Waals surface area contributed by atoms with Crippen molar-refractivity contribution in [3.05, 3.63) is 53.9 Å². The zero-order valence-electron chi connectivity index (χ0n) is 17.1. The molecular weight excluding hydrogens is 478 g/mol. The molecule has 0 aliphatic heterocycles. The monoisotopic (exact) mass is 505 g/mol. The second kappa shape index (κ2) is 9.38. The van der Waals surface area contributed by atoms with E-state index in [1.54, 1.807) is 0 Å². The average molecular weight is 507 g/mol. The van der Waals surface area contributed by atoms with Gasteiger partial charge in [0.1, 0.15) is 0 Å². The second-order valence-corrected chi connectivity index (χ2v) is 7.21. The highest BCUT2D eigenvalue weighted by atomic mass is 79.9. The molecule has 2 aromatic heterocycles.